The molecule has 90 valence electrons. The van der Waals surface area contributed by atoms with Crippen molar-refractivity contribution in [2.45, 2.75) is 6.54 Å². The number of nitrogens with two attached hydrogens (primary N) is 1. The van der Waals surface area contributed by atoms with Crippen LogP contribution in [0.3, 0.4) is 0 Å². The van der Waals surface area contributed by atoms with E-state index in [1.807, 2.05) is 30.5 Å². The maximum atomic E-state index is 5.55. The molecule has 0 radical (unpaired) electrons. The van der Waals surface area contributed by atoms with E-state index in [0.717, 1.165) is 22.8 Å². The van der Waals surface area contributed by atoms with Crippen LogP contribution in [-0.4, -0.2) is 19.6 Å². The second-order valence-corrected chi connectivity index (χ2v) is 3.82. The van der Waals surface area contributed by atoms with Crippen LogP contribution in [0.5, 0.6) is 0 Å². The molecule has 0 spiro atoms. The van der Waals surface area contributed by atoms with Gasteiger partial charge in [-0.25, -0.2) is 9.50 Å². The summed E-state index contributed by atoms with van der Waals surface area (Å²) < 4.78 is 1.71. The molecule has 3 rings (SSSR count). The Morgan fingerprint density at radius 3 is 3.00 bits per heavy atom. The smallest absolute Gasteiger partial charge is 0.153 e. The van der Waals surface area contributed by atoms with Gasteiger partial charge in [-0.15, -0.1) is 5.10 Å². The zero-order valence-electron chi connectivity index (χ0n) is 9.61. The third-order valence-corrected chi connectivity index (χ3v) is 2.51. The summed E-state index contributed by atoms with van der Waals surface area (Å²) in [6, 6.07) is 7.56. The highest BCUT2D eigenvalue weighted by molar-refractivity contribution is 5.56. The summed E-state index contributed by atoms with van der Waals surface area (Å²) in [6.07, 6.45) is 5.29. The Labute approximate surface area is 103 Å². The number of nitrogens with one attached hydrogen (secondary N) is 1. The number of rotatable bonds is 3. The van der Waals surface area contributed by atoms with Crippen molar-refractivity contribution in [3.63, 3.8) is 0 Å². The lowest BCUT2D eigenvalue weighted by molar-refractivity contribution is 0.934. The Morgan fingerprint density at radius 1 is 1.28 bits per heavy atom. The van der Waals surface area contributed by atoms with E-state index in [4.69, 9.17) is 5.73 Å². The molecule has 6 nitrogen and oxygen atoms in total. The largest absolute Gasteiger partial charge is 0.338 e. The normalized spacial score (nSPS) is 10.7. The van der Waals surface area contributed by atoms with Gasteiger partial charge in [0.25, 0.3) is 0 Å². The van der Waals surface area contributed by atoms with Crippen LogP contribution in [-0.2, 0) is 6.54 Å². The molecule has 3 aromatic rings. The molecule has 3 N–H and O–H groups in total. The first-order chi connectivity index (χ1) is 8.85. The zero-order valence-corrected chi connectivity index (χ0v) is 9.61. The number of hydrogen-bond donors (Lipinski definition) is 2. The van der Waals surface area contributed by atoms with Crippen molar-refractivity contribution >= 4 is 17.2 Å². The van der Waals surface area contributed by atoms with Crippen LogP contribution in [0.25, 0.3) is 5.65 Å². The van der Waals surface area contributed by atoms with Crippen LogP contribution < -0.4 is 11.1 Å². The van der Waals surface area contributed by atoms with Gasteiger partial charge < -0.3 is 11.1 Å². The van der Waals surface area contributed by atoms with Gasteiger partial charge >= 0.3 is 0 Å². The van der Waals surface area contributed by atoms with Gasteiger partial charge in [-0.2, -0.15) is 0 Å². The molecule has 0 aliphatic carbocycles. The summed E-state index contributed by atoms with van der Waals surface area (Å²) in [6.45, 7) is 0.411. The Bertz CT molecular complexity index is 661. The van der Waals surface area contributed by atoms with E-state index in [2.05, 4.69) is 20.4 Å². The van der Waals surface area contributed by atoms with Gasteiger partial charge in [0.15, 0.2) is 11.5 Å². The molecule has 0 fully saturated rings. The molecule has 0 aliphatic heterocycles. The SMILES string of the molecule is NCc1cn2nc(Nc3cccnc3)ccc2n1. The highest BCUT2D eigenvalue weighted by Crippen LogP contribution is 2.13. The molecule has 0 bridgehead atoms. The van der Waals surface area contributed by atoms with Gasteiger partial charge in [-0.05, 0) is 24.3 Å². The van der Waals surface area contributed by atoms with Crippen molar-refractivity contribution in [2.75, 3.05) is 5.32 Å². The average Bonchev–Trinajstić information content (AvgIpc) is 2.82. The van der Waals surface area contributed by atoms with E-state index < -0.39 is 0 Å². The monoisotopic (exact) mass is 240 g/mol. The van der Waals surface area contributed by atoms with Gasteiger partial charge in [0.05, 0.1) is 23.8 Å². The number of pyridine rings is 1. The molecule has 18 heavy (non-hydrogen) atoms. The molecule has 0 atom stereocenters. The Hall–Kier alpha value is -2.47. The predicted molar refractivity (Wildman–Crippen MR) is 68.4 cm³/mol. The maximum absolute atomic E-state index is 5.55. The topological polar surface area (TPSA) is 81.1 Å². The standard InChI is InChI=1S/C12H12N6/c13-6-10-8-18-12(16-10)4-3-11(17-18)15-9-2-1-5-14-7-9/h1-5,7-8H,6,13H2,(H,15,17). The quantitative estimate of drug-likeness (QED) is 0.721. The van der Waals surface area contributed by atoms with Gasteiger partial charge in [-0.3, -0.25) is 4.98 Å². The zero-order chi connectivity index (χ0) is 12.4. The van der Waals surface area contributed by atoms with E-state index in [0.29, 0.717) is 6.54 Å². The Morgan fingerprint density at radius 2 is 2.22 bits per heavy atom. The first-order valence-electron chi connectivity index (χ1n) is 5.57. The fraction of sp³-hybridized carbons (Fsp3) is 0.0833. The molecule has 0 aliphatic rings. The lowest BCUT2D eigenvalue weighted by Crippen LogP contribution is -1.98. The minimum Gasteiger partial charge on any atom is -0.338 e. The Balaban J connectivity index is 1.93. The molecule has 0 unspecified atom stereocenters. The molecule has 6 heteroatoms. The van der Waals surface area contributed by atoms with E-state index in [1.54, 1.807) is 16.9 Å². The van der Waals surface area contributed by atoms with Crippen molar-refractivity contribution < 1.29 is 0 Å². The lowest BCUT2D eigenvalue weighted by atomic mass is 10.4. The lowest BCUT2D eigenvalue weighted by Gasteiger charge is -2.04. The third kappa shape index (κ3) is 2.01. The number of aromatic nitrogens is 4. The molecule has 0 saturated heterocycles. The van der Waals surface area contributed by atoms with Crippen molar-refractivity contribution in [3.05, 3.63) is 48.5 Å². The summed E-state index contributed by atoms with van der Waals surface area (Å²) >= 11 is 0. The first kappa shape index (κ1) is 10.7. The van der Waals surface area contributed by atoms with Crippen molar-refractivity contribution in [1.82, 2.24) is 19.6 Å². The van der Waals surface area contributed by atoms with Crippen LogP contribution in [0.2, 0.25) is 0 Å². The third-order valence-electron chi connectivity index (χ3n) is 2.51. The van der Waals surface area contributed by atoms with Crippen molar-refractivity contribution in [2.24, 2.45) is 5.73 Å². The molecule has 3 aromatic heterocycles. The first-order valence-corrected chi connectivity index (χ1v) is 5.57. The van der Waals surface area contributed by atoms with Crippen LogP contribution in [0.15, 0.2) is 42.9 Å². The maximum Gasteiger partial charge on any atom is 0.153 e. The highest BCUT2D eigenvalue weighted by Gasteiger charge is 2.02. The van der Waals surface area contributed by atoms with Gasteiger partial charge in [0.2, 0.25) is 0 Å². The van der Waals surface area contributed by atoms with Crippen LogP contribution >= 0.6 is 0 Å². The second kappa shape index (κ2) is 4.42. The van der Waals surface area contributed by atoms with E-state index in [9.17, 15) is 0 Å². The fourth-order valence-corrected chi connectivity index (χ4v) is 1.68. The van der Waals surface area contributed by atoms with E-state index in [1.165, 1.54) is 0 Å². The van der Waals surface area contributed by atoms with Crippen LogP contribution in [0.4, 0.5) is 11.5 Å². The summed E-state index contributed by atoms with van der Waals surface area (Å²) in [4.78, 5) is 8.35. The Kier molecular flexibility index (Phi) is 2.62. The van der Waals surface area contributed by atoms with Crippen LogP contribution in [0.1, 0.15) is 5.69 Å². The minimum absolute atomic E-state index is 0.411. The number of imidazole rings is 1. The van der Waals surface area contributed by atoms with Gasteiger partial charge in [0.1, 0.15) is 0 Å². The summed E-state index contributed by atoms with van der Waals surface area (Å²) in [5.74, 6) is 0.733. The molecular formula is C12H12N6. The minimum atomic E-state index is 0.411. The van der Waals surface area contributed by atoms with Crippen LogP contribution in [0, 0.1) is 0 Å². The number of anilines is 2. The fourth-order valence-electron chi connectivity index (χ4n) is 1.68. The summed E-state index contributed by atoms with van der Waals surface area (Å²) in [5.41, 5.74) is 8.04. The molecular weight excluding hydrogens is 228 g/mol. The second-order valence-electron chi connectivity index (χ2n) is 3.82. The van der Waals surface area contributed by atoms with E-state index in [-0.39, 0.29) is 0 Å². The van der Waals surface area contributed by atoms with Crippen molar-refractivity contribution in [1.29, 1.82) is 0 Å². The van der Waals surface area contributed by atoms with Gasteiger partial charge in [0, 0.05) is 12.7 Å². The molecule has 0 saturated carbocycles. The van der Waals surface area contributed by atoms with Crippen molar-refractivity contribution in [3.8, 4) is 0 Å². The molecule has 0 aromatic carbocycles. The van der Waals surface area contributed by atoms with Gasteiger partial charge in [-0.1, -0.05) is 0 Å². The van der Waals surface area contributed by atoms with E-state index >= 15 is 0 Å². The number of nitrogens with zero attached hydrogens (tertiary/aromatic N) is 4. The number of hydrogen-bond acceptors (Lipinski definition) is 5. The molecule has 0 amide bonds. The summed E-state index contributed by atoms with van der Waals surface area (Å²) in [7, 11) is 0. The predicted octanol–water partition coefficient (Wildman–Crippen LogP) is 1.33. The summed E-state index contributed by atoms with van der Waals surface area (Å²) in [5, 5.41) is 7.57. The number of fused-ring (bicyclic) bond motifs is 1. The average molecular weight is 240 g/mol. The highest BCUT2D eigenvalue weighted by atomic mass is 15.3. The molecule has 3 heterocycles.